The minimum atomic E-state index is 0.0135. The Morgan fingerprint density at radius 3 is 2.70 bits per heavy atom. The Balaban J connectivity index is 1.24. The van der Waals surface area contributed by atoms with E-state index in [0.29, 0.717) is 17.7 Å². The molecule has 0 aliphatic carbocycles. The number of amides is 2. The number of fused-ring (bicyclic) bond motifs is 6. The summed E-state index contributed by atoms with van der Waals surface area (Å²) in [5, 5.41) is 1.06. The average Bonchev–Trinajstić information content (AvgIpc) is 3.83. The zero-order valence-electron chi connectivity index (χ0n) is 25.0. The van der Waals surface area contributed by atoms with Gasteiger partial charge in [0.2, 0.25) is 5.91 Å². The van der Waals surface area contributed by atoms with Crippen LogP contribution < -0.4 is 10.5 Å². The van der Waals surface area contributed by atoms with Crippen LogP contribution >= 0.6 is 0 Å². The Hall–Kier alpha value is -3.92. The number of ether oxygens (including phenoxy) is 1. The second kappa shape index (κ2) is 10.1. The van der Waals surface area contributed by atoms with E-state index in [1.165, 1.54) is 0 Å². The highest BCUT2D eigenvalue weighted by Crippen LogP contribution is 2.40. The maximum absolute atomic E-state index is 13.8. The van der Waals surface area contributed by atoms with Gasteiger partial charge in [0.15, 0.2) is 5.82 Å². The fourth-order valence-corrected chi connectivity index (χ4v) is 8.30. The summed E-state index contributed by atoms with van der Waals surface area (Å²) in [6.45, 7) is 1.60. The molecular formula is C33H39N7O3. The molecule has 3 saturated heterocycles. The number of carbonyl (C=O) groups excluding carboxylic acids is 2. The van der Waals surface area contributed by atoms with Crippen molar-refractivity contribution in [2.75, 3.05) is 13.7 Å². The van der Waals surface area contributed by atoms with Gasteiger partial charge in [0.1, 0.15) is 16.9 Å². The number of hydrogen-bond acceptors (Lipinski definition) is 6. The van der Waals surface area contributed by atoms with Crippen LogP contribution in [-0.4, -0.2) is 72.5 Å². The van der Waals surface area contributed by atoms with Crippen molar-refractivity contribution in [3.8, 4) is 17.3 Å². The van der Waals surface area contributed by atoms with Crippen molar-refractivity contribution >= 4 is 33.9 Å². The third kappa shape index (κ3) is 4.09. The van der Waals surface area contributed by atoms with Crippen molar-refractivity contribution in [1.29, 1.82) is 0 Å². The van der Waals surface area contributed by atoms with Gasteiger partial charge < -0.3 is 29.4 Å². The molecule has 10 heteroatoms. The molecule has 8 rings (SSSR count). The van der Waals surface area contributed by atoms with Crippen molar-refractivity contribution in [2.45, 2.75) is 88.5 Å². The van der Waals surface area contributed by atoms with E-state index in [9.17, 15) is 9.59 Å². The second-order valence-electron chi connectivity index (χ2n) is 12.8. The summed E-state index contributed by atoms with van der Waals surface area (Å²) in [6, 6.07) is 10.6. The van der Waals surface area contributed by atoms with Crippen LogP contribution in [0.2, 0.25) is 0 Å². The highest BCUT2D eigenvalue weighted by molar-refractivity contribution is 6.00. The Morgan fingerprint density at radius 2 is 1.91 bits per heavy atom. The molecule has 2 N–H and O–H groups in total. The van der Waals surface area contributed by atoms with Crippen LogP contribution in [0.4, 0.5) is 0 Å². The molecule has 3 fully saturated rings. The van der Waals surface area contributed by atoms with E-state index in [-0.39, 0.29) is 36.0 Å². The van der Waals surface area contributed by atoms with Gasteiger partial charge in [-0.25, -0.2) is 9.97 Å². The highest BCUT2D eigenvalue weighted by Gasteiger charge is 2.47. The first-order chi connectivity index (χ1) is 20.9. The van der Waals surface area contributed by atoms with E-state index in [1.807, 2.05) is 29.0 Å². The lowest BCUT2D eigenvalue weighted by Crippen LogP contribution is -2.40. The maximum atomic E-state index is 13.8. The molecule has 4 aliphatic rings. The molecule has 224 valence electrons. The zero-order valence-corrected chi connectivity index (χ0v) is 25.0. The first-order valence-corrected chi connectivity index (χ1v) is 15.9. The Kier molecular flexibility index (Phi) is 6.25. The molecule has 0 radical (unpaired) electrons. The Labute approximate surface area is 250 Å². The molecule has 0 saturated carbocycles. The van der Waals surface area contributed by atoms with Gasteiger partial charge in [0.05, 0.1) is 30.1 Å². The van der Waals surface area contributed by atoms with Gasteiger partial charge >= 0.3 is 0 Å². The monoisotopic (exact) mass is 581 g/mol. The largest absolute Gasteiger partial charge is 0.494 e. The molecule has 4 aromatic rings. The summed E-state index contributed by atoms with van der Waals surface area (Å²) in [4.78, 5) is 41.1. The number of benzene rings is 1. The van der Waals surface area contributed by atoms with Crippen LogP contribution in [0.1, 0.15) is 79.9 Å². The van der Waals surface area contributed by atoms with Crippen LogP contribution in [0.15, 0.2) is 30.3 Å². The Morgan fingerprint density at radius 1 is 1.02 bits per heavy atom. The van der Waals surface area contributed by atoms with Gasteiger partial charge in [-0.15, -0.1) is 0 Å². The molecular weight excluding hydrogens is 542 g/mol. The molecule has 10 nitrogen and oxygen atoms in total. The van der Waals surface area contributed by atoms with Crippen molar-refractivity contribution in [2.24, 2.45) is 12.8 Å². The number of hydrogen-bond donors (Lipinski definition) is 1. The summed E-state index contributed by atoms with van der Waals surface area (Å²) in [5.41, 5.74) is 11.4. The summed E-state index contributed by atoms with van der Waals surface area (Å²) in [6.07, 6.45) is 8.26. The minimum Gasteiger partial charge on any atom is -0.494 e. The lowest BCUT2D eigenvalue weighted by Gasteiger charge is -2.25. The molecule has 4 aliphatic heterocycles. The number of nitrogens with two attached hydrogens (primary N) is 1. The summed E-state index contributed by atoms with van der Waals surface area (Å²) in [5.74, 6) is 1.71. The summed E-state index contributed by atoms with van der Waals surface area (Å²) in [7, 11) is 3.66. The number of nitrogens with zero attached hydrogens (tertiary/aromatic N) is 6. The number of imidazole rings is 1. The standard InChI is InChI=1S/C33H39N7O3/c1-37-30-24(15-20(17-28(30)43-2)33(42)40-21-10-12-25(40)22(34)18-21)36-32(37)27-16-19-9-11-23-26-7-6-14-38(26)29(41)8-4-3-5-13-39(27)31(19)35-23/h9,11,15-17,21-22,25-26H,3-8,10,12-14,18,34H2,1-2H3/t21-,22+,25+,26+/m0/s1. The van der Waals surface area contributed by atoms with E-state index in [1.54, 1.807) is 7.11 Å². The van der Waals surface area contributed by atoms with Crippen LogP contribution in [0.3, 0.4) is 0 Å². The zero-order chi connectivity index (χ0) is 29.4. The summed E-state index contributed by atoms with van der Waals surface area (Å²) >= 11 is 0. The molecule has 4 atom stereocenters. The third-order valence-electron chi connectivity index (χ3n) is 10.4. The number of pyridine rings is 1. The molecule has 0 unspecified atom stereocenters. The number of methoxy groups -OCH3 is 1. The van der Waals surface area contributed by atoms with E-state index >= 15 is 0 Å². The maximum Gasteiger partial charge on any atom is 0.254 e. The number of rotatable bonds is 3. The Bertz CT molecular complexity index is 1770. The summed E-state index contributed by atoms with van der Waals surface area (Å²) < 4.78 is 10.2. The predicted molar refractivity (Wildman–Crippen MR) is 164 cm³/mol. The van der Waals surface area contributed by atoms with Gasteiger partial charge in [0.25, 0.3) is 5.91 Å². The van der Waals surface area contributed by atoms with E-state index < -0.39 is 0 Å². The minimum absolute atomic E-state index is 0.0135. The van der Waals surface area contributed by atoms with Crippen LogP contribution in [-0.2, 0) is 18.4 Å². The van der Waals surface area contributed by atoms with E-state index in [4.69, 9.17) is 20.4 Å². The van der Waals surface area contributed by atoms with Crippen molar-refractivity contribution < 1.29 is 14.3 Å². The predicted octanol–water partition coefficient (Wildman–Crippen LogP) is 4.54. The molecule has 3 aromatic heterocycles. The lowest BCUT2D eigenvalue weighted by molar-refractivity contribution is -0.132. The number of aromatic nitrogens is 4. The molecule has 0 spiro atoms. The molecule has 43 heavy (non-hydrogen) atoms. The van der Waals surface area contributed by atoms with Gasteiger partial charge in [0, 0.05) is 55.6 Å². The van der Waals surface area contributed by atoms with Crippen LogP contribution in [0.25, 0.3) is 33.6 Å². The lowest BCUT2D eigenvalue weighted by atomic mass is 9.97. The van der Waals surface area contributed by atoms with Crippen molar-refractivity contribution in [1.82, 2.24) is 28.9 Å². The first-order valence-electron chi connectivity index (χ1n) is 15.9. The molecule has 1 aromatic carbocycles. The van der Waals surface area contributed by atoms with Gasteiger partial charge in [-0.3, -0.25) is 9.59 Å². The van der Waals surface area contributed by atoms with E-state index in [0.717, 1.165) is 104 Å². The topological polar surface area (TPSA) is 112 Å². The molecule has 2 amide bonds. The average molecular weight is 582 g/mol. The van der Waals surface area contributed by atoms with Crippen molar-refractivity contribution in [3.63, 3.8) is 0 Å². The molecule has 7 heterocycles. The fourth-order valence-electron chi connectivity index (χ4n) is 8.30. The van der Waals surface area contributed by atoms with Crippen LogP contribution in [0.5, 0.6) is 5.75 Å². The smallest absolute Gasteiger partial charge is 0.254 e. The second-order valence-corrected chi connectivity index (χ2v) is 12.8. The normalized spacial score (nSPS) is 25.5. The highest BCUT2D eigenvalue weighted by atomic mass is 16.5. The fraction of sp³-hybridized carbons (Fsp3) is 0.515. The first kappa shape index (κ1) is 26.7. The number of aryl methyl sites for hydroxylation is 2. The molecule has 4 bridgehead atoms. The van der Waals surface area contributed by atoms with Gasteiger partial charge in [-0.1, -0.05) is 6.42 Å². The third-order valence-corrected chi connectivity index (χ3v) is 10.4. The van der Waals surface area contributed by atoms with E-state index in [2.05, 4.69) is 27.3 Å². The number of carbonyl (C=O) groups is 2. The van der Waals surface area contributed by atoms with Crippen molar-refractivity contribution in [3.05, 3.63) is 41.6 Å². The van der Waals surface area contributed by atoms with Gasteiger partial charge in [-0.2, -0.15) is 0 Å². The van der Waals surface area contributed by atoms with Gasteiger partial charge in [-0.05, 0) is 75.3 Å². The quantitative estimate of drug-likeness (QED) is 0.380. The SMILES string of the molecule is COc1cc(C(=O)N2[C@H]3CC[C@@H]2[C@H](N)C3)cc2nc(-c3cc4ccc5nc4n3CCCCCC(=O)N3CCC[C@H]53)n(C)c12. The van der Waals surface area contributed by atoms with Crippen LogP contribution in [0, 0.1) is 0 Å².